The van der Waals surface area contributed by atoms with Crippen LogP contribution < -0.4 is 14.8 Å². The van der Waals surface area contributed by atoms with Crippen molar-refractivity contribution in [1.29, 1.82) is 0 Å². The molecule has 0 saturated carbocycles. The molecule has 1 amide bonds. The molecule has 6 heteroatoms. The second-order valence-electron chi connectivity index (χ2n) is 6.81. The summed E-state index contributed by atoms with van der Waals surface area (Å²) < 4.78 is 13.3. The van der Waals surface area contributed by atoms with Gasteiger partial charge in [0.2, 0.25) is 5.91 Å². The number of nitrogens with one attached hydrogen (secondary N) is 1. The molecule has 1 aromatic carbocycles. The molecule has 0 bridgehead atoms. The van der Waals surface area contributed by atoms with Crippen LogP contribution in [0.2, 0.25) is 0 Å². The fraction of sp³-hybridized carbons (Fsp3) is 0.500. The van der Waals surface area contributed by atoms with Crippen LogP contribution in [-0.4, -0.2) is 28.9 Å². The molecule has 1 aliphatic rings. The molecule has 3 rings (SSSR count). The van der Waals surface area contributed by atoms with Gasteiger partial charge in [0.15, 0.2) is 11.5 Å². The molecule has 6 nitrogen and oxygen atoms in total. The van der Waals surface area contributed by atoms with Crippen LogP contribution >= 0.6 is 0 Å². The Morgan fingerprint density at radius 3 is 2.65 bits per heavy atom. The highest BCUT2D eigenvalue weighted by molar-refractivity contribution is 5.76. The highest BCUT2D eigenvalue weighted by Crippen LogP contribution is 2.32. The van der Waals surface area contributed by atoms with Crippen molar-refractivity contribution in [2.45, 2.75) is 53.1 Å². The van der Waals surface area contributed by atoms with Gasteiger partial charge in [0, 0.05) is 25.1 Å². The van der Waals surface area contributed by atoms with Crippen LogP contribution in [0.25, 0.3) is 0 Å². The highest BCUT2D eigenvalue weighted by atomic mass is 16.5. The maximum atomic E-state index is 12.3. The Balaban J connectivity index is 1.58. The second kappa shape index (κ2) is 7.81. The van der Waals surface area contributed by atoms with Crippen molar-refractivity contribution in [1.82, 2.24) is 15.1 Å². The van der Waals surface area contributed by atoms with Crippen molar-refractivity contribution in [3.8, 4) is 11.5 Å². The van der Waals surface area contributed by atoms with Crippen LogP contribution in [-0.2, 0) is 11.3 Å². The summed E-state index contributed by atoms with van der Waals surface area (Å²) in [4.78, 5) is 12.3. The molecule has 1 N–H and O–H groups in total. The monoisotopic (exact) mass is 357 g/mol. The van der Waals surface area contributed by atoms with Crippen molar-refractivity contribution in [2.24, 2.45) is 0 Å². The number of ether oxygens (including phenoxy) is 2. The molecule has 2 heterocycles. The minimum Gasteiger partial charge on any atom is -0.490 e. The first kappa shape index (κ1) is 18.3. The molecule has 0 spiro atoms. The van der Waals surface area contributed by atoms with Crippen LogP contribution in [0.15, 0.2) is 18.2 Å². The third-order valence-electron chi connectivity index (χ3n) is 4.94. The quantitative estimate of drug-likeness (QED) is 0.892. The van der Waals surface area contributed by atoms with Crippen LogP contribution in [0.1, 0.15) is 48.3 Å². The van der Waals surface area contributed by atoms with Crippen molar-refractivity contribution in [3.63, 3.8) is 0 Å². The van der Waals surface area contributed by atoms with Gasteiger partial charge in [-0.05, 0) is 51.0 Å². The summed E-state index contributed by atoms with van der Waals surface area (Å²) in [6.45, 7) is 9.97. The number of fused-ring (bicyclic) bond motifs is 1. The van der Waals surface area contributed by atoms with E-state index in [0.29, 0.717) is 26.2 Å². The highest BCUT2D eigenvalue weighted by Gasteiger charge is 2.16. The van der Waals surface area contributed by atoms with E-state index >= 15 is 0 Å². The van der Waals surface area contributed by atoms with E-state index in [-0.39, 0.29) is 11.9 Å². The smallest absolute Gasteiger partial charge is 0.222 e. The van der Waals surface area contributed by atoms with Gasteiger partial charge in [-0.25, -0.2) is 0 Å². The van der Waals surface area contributed by atoms with Crippen molar-refractivity contribution in [2.75, 3.05) is 13.2 Å². The van der Waals surface area contributed by atoms with Crippen molar-refractivity contribution >= 4 is 5.91 Å². The van der Waals surface area contributed by atoms with Crippen LogP contribution in [0.3, 0.4) is 0 Å². The summed E-state index contributed by atoms with van der Waals surface area (Å²) in [5, 5.41) is 7.54. The van der Waals surface area contributed by atoms with E-state index in [9.17, 15) is 4.79 Å². The lowest BCUT2D eigenvalue weighted by Crippen LogP contribution is -2.27. The molecular weight excluding hydrogens is 330 g/mol. The first-order chi connectivity index (χ1) is 12.5. The summed E-state index contributed by atoms with van der Waals surface area (Å²) in [5.41, 5.74) is 4.32. The lowest BCUT2D eigenvalue weighted by atomic mass is 10.1. The molecule has 1 aromatic heterocycles. The number of carbonyl (C=O) groups excluding carboxylic acids is 1. The van der Waals surface area contributed by atoms with Gasteiger partial charge in [-0.15, -0.1) is 0 Å². The number of aryl methyl sites for hydroxylation is 2. The van der Waals surface area contributed by atoms with E-state index in [2.05, 4.69) is 17.3 Å². The lowest BCUT2D eigenvalue weighted by Gasteiger charge is -2.16. The molecule has 0 unspecified atom stereocenters. The van der Waals surface area contributed by atoms with E-state index in [4.69, 9.17) is 9.47 Å². The number of rotatable bonds is 5. The molecule has 0 radical (unpaired) electrons. The zero-order valence-corrected chi connectivity index (χ0v) is 16.0. The fourth-order valence-corrected chi connectivity index (χ4v) is 3.06. The topological polar surface area (TPSA) is 65.4 Å². The predicted molar refractivity (Wildman–Crippen MR) is 99.7 cm³/mol. The molecule has 0 aliphatic carbocycles. The van der Waals surface area contributed by atoms with Crippen LogP contribution in [0.5, 0.6) is 11.5 Å². The van der Waals surface area contributed by atoms with Crippen LogP contribution in [0.4, 0.5) is 0 Å². The zero-order chi connectivity index (χ0) is 18.7. The Kier molecular flexibility index (Phi) is 5.49. The number of hydrogen-bond donors (Lipinski definition) is 1. The third kappa shape index (κ3) is 4.00. The largest absolute Gasteiger partial charge is 0.490 e. The normalized spacial score (nSPS) is 14.6. The standard InChI is InChI=1S/C20H27N3O3/c1-13-14(2)22-23(16(13)4)9-8-20(24)21-15(3)17-6-7-18-19(12-17)26-11-5-10-25-18/h6-7,12,15H,5,8-11H2,1-4H3,(H,21,24)/t15-/m1/s1. The van der Waals surface area contributed by atoms with Gasteiger partial charge < -0.3 is 14.8 Å². The number of hydrogen-bond acceptors (Lipinski definition) is 4. The van der Waals surface area contributed by atoms with E-state index in [1.807, 2.05) is 43.7 Å². The van der Waals surface area contributed by atoms with Crippen molar-refractivity contribution < 1.29 is 14.3 Å². The van der Waals surface area contributed by atoms with Gasteiger partial charge in [-0.1, -0.05) is 6.07 Å². The van der Waals surface area contributed by atoms with Gasteiger partial charge >= 0.3 is 0 Å². The van der Waals surface area contributed by atoms with E-state index < -0.39 is 0 Å². The number of benzene rings is 1. The van der Waals surface area contributed by atoms with Crippen LogP contribution in [0, 0.1) is 20.8 Å². The summed E-state index contributed by atoms with van der Waals surface area (Å²) in [7, 11) is 0. The molecule has 140 valence electrons. The van der Waals surface area contributed by atoms with E-state index in [1.54, 1.807) is 0 Å². The summed E-state index contributed by atoms with van der Waals surface area (Å²) in [6.07, 6.45) is 1.28. The minimum absolute atomic E-state index is 0.00909. The number of amides is 1. The SMILES string of the molecule is Cc1nn(CCC(=O)N[C@H](C)c2ccc3c(c2)OCCCO3)c(C)c1C. The first-order valence-corrected chi connectivity index (χ1v) is 9.15. The molecule has 26 heavy (non-hydrogen) atoms. The molecule has 2 aromatic rings. The maximum Gasteiger partial charge on any atom is 0.222 e. The molecule has 1 atom stereocenters. The Morgan fingerprint density at radius 1 is 1.23 bits per heavy atom. The minimum atomic E-state index is -0.0955. The molecule has 0 fully saturated rings. The summed E-state index contributed by atoms with van der Waals surface area (Å²) in [6, 6.07) is 5.75. The predicted octanol–water partition coefficient (Wildman–Crippen LogP) is 3.24. The summed E-state index contributed by atoms with van der Waals surface area (Å²) >= 11 is 0. The fourth-order valence-electron chi connectivity index (χ4n) is 3.06. The third-order valence-corrected chi connectivity index (χ3v) is 4.94. The van der Waals surface area contributed by atoms with E-state index in [0.717, 1.165) is 34.9 Å². The number of carbonyl (C=O) groups is 1. The zero-order valence-electron chi connectivity index (χ0n) is 16.0. The first-order valence-electron chi connectivity index (χ1n) is 9.15. The van der Waals surface area contributed by atoms with Gasteiger partial charge in [-0.2, -0.15) is 5.10 Å². The lowest BCUT2D eigenvalue weighted by molar-refractivity contribution is -0.122. The second-order valence-corrected chi connectivity index (χ2v) is 6.81. The number of nitrogens with zero attached hydrogens (tertiary/aromatic N) is 2. The van der Waals surface area contributed by atoms with Gasteiger partial charge in [0.1, 0.15) is 0 Å². The Labute approximate surface area is 154 Å². The average Bonchev–Trinajstić information content (AvgIpc) is 2.81. The van der Waals surface area contributed by atoms with Gasteiger partial charge in [0.05, 0.1) is 24.9 Å². The maximum absolute atomic E-state index is 12.3. The molecule has 0 saturated heterocycles. The molecular formula is C20H27N3O3. The number of aromatic nitrogens is 2. The van der Waals surface area contributed by atoms with Gasteiger partial charge in [-0.3, -0.25) is 9.48 Å². The van der Waals surface area contributed by atoms with Crippen molar-refractivity contribution in [3.05, 3.63) is 40.7 Å². The molecule has 1 aliphatic heterocycles. The average molecular weight is 357 g/mol. The Morgan fingerprint density at radius 2 is 1.96 bits per heavy atom. The Bertz CT molecular complexity index is 798. The Hall–Kier alpha value is -2.50. The van der Waals surface area contributed by atoms with E-state index in [1.165, 1.54) is 5.56 Å². The van der Waals surface area contributed by atoms with Gasteiger partial charge in [0.25, 0.3) is 0 Å². The summed E-state index contributed by atoms with van der Waals surface area (Å²) in [5.74, 6) is 1.53.